The van der Waals surface area contributed by atoms with E-state index in [1.54, 1.807) is 6.07 Å². The summed E-state index contributed by atoms with van der Waals surface area (Å²) in [5.74, 6) is -0.0756. The highest BCUT2D eigenvalue weighted by Crippen LogP contribution is 2.45. The Balaban J connectivity index is 0.00000133. The highest BCUT2D eigenvalue weighted by molar-refractivity contribution is 5.85. The summed E-state index contributed by atoms with van der Waals surface area (Å²) in [6.07, 6.45) is 2.70. The minimum Gasteiger partial charge on any atom is -0.346 e. The van der Waals surface area contributed by atoms with E-state index in [-0.39, 0.29) is 35.6 Å². The monoisotopic (exact) mass is 284 g/mol. The van der Waals surface area contributed by atoms with Crippen molar-refractivity contribution in [3.05, 3.63) is 35.6 Å². The van der Waals surface area contributed by atoms with E-state index in [1.807, 2.05) is 6.07 Å². The fraction of sp³-hybridized carbons (Fsp3) is 0.500. The van der Waals surface area contributed by atoms with Crippen LogP contribution in [0.25, 0.3) is 0 Å². The molecule has 0 bridgehead atoms. The maximum absolute atomic E-state index is 13.2. The molecule has 0 radical (unpaired) electrons. The number of rotatable bonds is 3. The number of carbonyl (C=O) groups excluding carboxylic acids is 1. The SMILES string of the molecule is Cl.O=C(NC1(c2cccc(F)c2)CC1)C1CCNC1. The van der Waals surface area contributed by atoms with Gasteiger partial charge in [-0.25, -0.2) is 4.39 Å². The smallest absolute Gasteiger partial charge is 0.225 e. The van der Waals surface area contributed by atoms with Crippen LogP contribution >= 0.6 is 12.4 Å². The van der Waals surface area contributed by atoms with Gasteiger partial charge in [0.05, 0.1) is 11.5 Å². The molecule has 104 valence electrons. The van der Waals surface area contributed by atoms with Gasteiger partial charge in [0.25, 0.3) is 0 Å². The Kier molecular flexibility index (Phi) is 4.11. The van der Waals surface area contributed by atoms with Gasteiger partial charge in [0.15, 0.2) is 0 Å². The predicted octanol–water partition coefficient (Wildman–Crippen LogP) is 1.96. The average Bonchev–Trinajstić information content (AvgIpc) is 2.93. The lowest BCUT2D eigenvalue weighted by Crippen LogP contribution is -2.39. The molecule has 2 N–H and O–H groups in total. The Morgan fingerprint density at radius 2 is 2.21 bits per heavy atom. The molecule has 1 aromatic carbocycles. The first-order valence-corrected chi connectivity index (χ1v) is 6.48. The number of carbonyl (C=O) groups is 1. The number of halogens is 2. The van der Waals surface area contributed by atoms with Crippen molar-refractivity contribution in [2.75, 3.05) is 13.1 Å². The van der Waals surface area contributed by atoms with Crippen LogP contribution in [-0.4, -0.2) is 19.0 Å². The predicted molar refractivity (Wildman–Crippen MR) is 73.7 cm³/mol. The first-order chi connectivity index (χ1) is 8.70. The van der Waals surface area contributed by atoms with Crippen LogP contribution in [0.5, 0.6) is 0 Å². The molecule has 2 fully saturated rings. The Morgan fingerprint density at radius 1 is 1.42 bits per heavy atom. The van der Waals surface area contributed by atoms with Crippen molar-refractivity contribution >= 4 is 18.3 Å². The summed E-state index contributed by atoms with van der Waals surface area (Å²) in [5, 5.41) is 6.29. The Bertz CT molecular complexity index is 470. The minimum absolute atomic E-state index is 0. The normalized spacial score (nSPS) is 23.5. The van der Waals surface area contributed by atoms with Crippen LogP contribution in [0.2, 0.25) is 0 Å². The zero-order valence-corrected chi connectivity index (χ0v) is 11.4. The van der Waals surface area contributed by atoms with Gasteiger partial charge in [-0.15, -0.1) is 12.4 Å². The molecular weight excluding hydrogens is 267 g/mol. The summed E-state index contributed by atoms with van der Waals surface area (Å²) in [6.45, 7) is 1.66. The second kappa shape index (κ2) is 5.47. The van der Waals surface area contributed by atoms with Gasteiger partial charge in [-0.2, -0.15) is 0 Å². The number of hydrogen-bond acceptors (Lipinski definition) is 2. The van der Waals surface area contributed by atoms with E-state index in [9.17, 15) is 9.18 Å². The molecule has 1 saturated carbocycles. The third kappa shape index (κ3) is 2.90. The molecule has 1 aliphatic carbocycles. The van der Waals surface area contributed by atoms with E-state index in [0.29, 0.717) is 0 Å². The van der Waals surface area contributed by atoms with Crippen molar-refractivity contribution in [2.24, 2.45) is 5.92 Å². The summed E-state index contributed by atoms with van der Waals surface area (Å²) >= 11 is 0. The molecule has 1 aromatic rings. The maximum Gasteiger partial charge on any atom is 0.225 e. The van der Waals surface area contributed by atoms with E-state index >= 15 is 0 Å². The van der Waals surface area contributed by atoms with E-state index in [1.165, 1.54) is 12.1 Å². The van der Waals surface area contributed by atoms with Crippen LogP contribution in [0.1, 0.15) is 24.8 Å². The summed E-state index contributed by atoms with van der Waals surface area (Å²) < 4.78 is 13.2. The van der Waals surface area contributed by atoms with E-state index in [0.717, 1.165) is 37.9 Å². The molecule has 1 saturated heterocycles. The molecule has 2 aliphatic rings. The molecule has 1 atom stereocenters. The second-order valence-corrected chi connectivity index (χ2v) is 5.27. The highest BCUT2D eigenvalue weighted by atomic mass is 35.5. The molecule has 1 unspecified atom stereocenters. The minimum atomic E-state index is -0.304. The van der Waals surface area contributed by atoms with Crippen LogP contribution in [-0.2, 0) is 10.3 Å². The summed E-state index contributed by atoms with van der Waals surface area (Å²) in [6, 6.07) is 6.56. The van der Waals surface area contributed by atoms with Crippen molar-refractivity contribution in [1.82, 2.24) is 10.6 Å². The molecule has 3 nitrogen and oxygen atoms in total. The Labute approximate surface area is 118 Å². The average molecular weight is 285 g/mol. The summed E-state index contributed by atoms with van der Waals surface area (Å²) in [4.78, 5) is 12.1. The summed E-state index contributed by atoms with van der Waals surface area (Å²) in [7, 11) is 0. The largest absolute Gasteiger partial charge is 0.346 e. The maximum atomic E-state index is 13.2. The molecule has 1 aliphatic heterocycles. The van der Waals surface area contributed by atoms with Gasteiger partial charge in [0.2, 0.25) is 5.91 Å². The molecule has 5 heteroatoms. The topological polar surface area (TPSA) is 41.1 Å². The van der Waals surface area contributed by atoms with Gasteiger partial charge in [-0.3, -0.25) is 4.79 Å². The number of hydrogen-bond donors (Lipinski definition) is 2. The van der Waals surface area contributed by atoms with Crippen LogP contribution in [0, 0.1) is 11.7 Å². The third-order valence-corrected chi connectivity index (χ3v) is 3.92. The van der Waals surface area contributed by atoms with Crippen molar-refractivity contribution in [1.29, 1.82) is 0 Å². The number of amides is 1. The van der Waals surface area contributed by atoms with Crippen LogP contribution in [0.4, 0.5) is 4.39 Å². The van der Waals surface area contributed by atoms with Crippen LogP contribution in [0.15, 0.2) is 24.3 Å². The van der Waals surface area contributed by atoms with Crippen LogP contribution < -0.4 is 10.6 Å². The van der Waals surface area contributed by atoms with E-state index in [2.05, 4.69) is 10.6 Å². The van der Waals surface area contributed by atoms with E-state index < -0.39 is 0 Å². The zero-order valence-electron chi connectivity index (χ0n) is 10.6. The van der Waals surface area contributed by atoms with Gasteiger partial charge in [-0.1, -0.05) is 12.1 Å². The lowest BCUT2D eigenvalue weighted by atomic mass is 10.0. The lowest BCUT2D eigenvalue weighted by molar-refractivity contribution is -0.125. The first-order valence-electron chi connectivity index (χ1n) is 6.48. The van der Waals surface area contributed by atoms with Gasteiger partial charge >= 0.3 is 0 Å². The van der Waals surface area contributed by atoms with Crippen LogP contribution in [0.3, 0.4) is 0 Å². The molecule has 0 spiro atoms. The van der Waals surface area contributed by atoms with Gasteiger partial charge < -0.3 is 10.6 Å². The van der Waals surface area contributed by atoms with Gasteiger partial charge in [0, 0.05) is 6.54 Å². The molecular formula is C14H18ClFN2O. The quantitative estimate of drug-likeness (QED) is 0.891. The number of benzene rings is 1. The molecule has 0 aromatic heterocycles. The summed E-state index contributed by atoms with van der Waals surface area (Å²) in [5.41, 5.74) is 0.587. The van der Waals surface area contributed by atoms with Crippen molar-refractivity contribution in [2.45, 2.75) is 24.8 Å². The first kappa shape index (κ1) is 14.3. The molecule has 1 amide bonds. The molecule has 3 rings (SSSR count). The van der Waals surface area contributed by atoms with Crippen molar-refractivity contribution < 1.29 is 9.18 Å². The zero-order chi connectivity index (χ0) is 12.6. The fourth-order valence-corrected chi connectivity index (χ4v) is 2.61. The Morgan fingerprint density at radius 3 is 2.79 bits per heavy atom. The highest BCUT2D eigenvalue weighted by Gasteiger charge is 2.46. The van der Waals surface area contributed by atoms with Gasteiger partial charge in [0.1, 0.15) is 5.82 Å². The van der Waals surface area contributed by atoms with Gasteiger partial charge in [-0.05, 0) is 43.5 Å². The molecule has 1 heterocycles. The molecule has 19 heavy (non-hydrogen) atoms. The van der Waals surface area contributed by atoms with Crippen molar-refractivity contribution in [3.63, 3.8) is 0 Å². The number of nitrogens with one attached hydrogen (secondary N) is 2. The van der Waals surface area contributed by atoms with Crippen molar-refractivity contribution in [3.8, 4) is 0 Å². The fourth-order valence-electron chi connectivity index (χ4n) is 2.61. The standard InChI is InChI=1S/C14H17FN2O.ClH/c15-12-3-1-2-11(8-12)14(5-6-14)17-13(18)10-4-7-16-9-10;/h1-3,8,10,16H,4-7,9H2,(H,17,18);1H. The Hall–Kier alpha value is -1.13. The van der Waals surface area contributed by atoms with E-state index in [4.69, 9.17) is 0 Å². The third-order valence-electron chi connectivity index (χ3n) is 3.92. The lowest BCUT2D eigenvalue weighted by Gasteiger charge is -2.20. The second-order valence-electron chi connectivity index (χ2n) is 5.27.